The van der Waals surface area contributed by atoms with Gasteiger partial charge in [0.15, 0.2) is 5.60 Å². The van der Waals surface area contributed by atoms with Gasteiger partial charge in [-0.1, -0.05) is 78.9 Å². The Hall–Kier alpha value is -5.10. The number of hydrogen-bond donors (Lipinski definition) is 3. The Morgan fingerprint density at radius 3 is 2.41 bits per heavy atom. The third-order valence-electron chi connectivity index (χ3n) is 10.7. The zero-order valence-electron chi connectivity index (χ0n) is 28.9. The second-order valence-electron chi connectivity index (χ2n) is 13.6. The molecular formula is C40H45N7O4. The molecule has 7 rings (SSSR count). The van der Waals surface area contributed by atoms with E-state index in [2.05, 4.69) is 27.1 Å². The van der Waals surface area contributed by atoms with E-state index in [1.54, 1.807) is 20.6 Å². The van der Waals surface area contributed by atoms with Crippen LogP contribution in [0.15, 0.2) is 110 Å². The average molecular weight is 688 g/mol. The number of rotatable bonds is 12. The number of nitrogens with zero attached hydrogens (tertiary/aromatic N) is 6. The van der Waals surface area contributed by atoms with Gasteiger partial charge in [-0.15, -0.1) is 11.7 Å². The molecule has 2 fully saturated rings. The number of piperidine rings is 1. The monoisotopic (exact) mass is 687 g/mol. The second-order valence-corrected chi connectivity index (χ2v) is 13.6. The molecule has 264 valence electrons. The molecule has 3 aliphatic heterocycles. The minimum atomic E-state index is -1.84. The predicted molar refractivity (Wildman–Crippen MR) is 197 cm³/mol. The van der Waals surface area contributed by atoms with E-state index in [9.17, 15) is 19.8 Å². The van der Waals surface area contributed by atoms with Gasteiger partial charge in [-0.05, 0) is 68.2 Å². The highest BCUT2D eigenvalue weighted by Gasteiger charge is 2.55. The lowest BCUT2D eigenvalue weighted by molar-refractivity contribution is -0.139. The third kappa shape index (κ3) is 6.05. The highest BCUT2D eigenvalue weighted by molar-refractivity contribution is 6.10. The molecule has 11 nitrogen and oxygen atoms in total. The summed E-state index contributed by atoms with van der Waals surface area (Å²) in [5, 5.41) is 34.3. The summed E-state index contributed by atoms with van der Waals surface area (Å²) in [4.78, 5) is 34.0. The standard InChI is InChI=1S/C40H45N7O4/c1-3-23-45-36-18-17-32(46-28-47(31-15-8-5-9-16-31)39(37(46)49)19-21-41-22-20-39)25-34(36)40(51,38(45)50)29(2)12-10-11-24-44-26-35(42-43-44)33(27-48)30-13-6-4-7-14-30/h3-10,12-18,25-26,29,33,41,48,51H,1,11,19-24,27-28H2,2H3/b12-10+/t29-,33?,40+/m1/s1. The Labute approximate surface area is 298 Å². The maximum atomic E-state index is 14.4. The first-order valence-corrected chi connectivity index (χ1v) is 17.7. The van der Waals surface area contributed by atoms with Crippen LogP contribution >= 0.6 is 0 Å². The number of aliphatic hydroxyl groups excluding tert-OH is 1. The smallest absolute Gasteiger partial charge is 0.264 e. The van der Waals surface area contributed by atoms with Crippen molar-refractivity contribution in [3.63, 3.8) is 0 Å². The van der Waals surface area contributed by atoms with Crippen molar-refractivity contribution in [2.45, 2.75) is 49.8 Å². The van der Waals surface area contributed by atoms with Crippen LogP contribution in [0.2, 0.25) is 0 Å². The Kier molecular flexibility index (Phi) is 9.61. The number of benzene rings is 3. The van der Waals surface area contributed by atoms with E-state index in [1.807, 2.05) is 104 Å². The Bertz CT molecular complexity index is 1910. The second kappa shape index (κ2) is 14.3. The number of anilines is 3. The molecule has 1 spiro atoms. The maximum absolute atomic E-state index is 14.4. The quantitative estimate of drug-likeness (QED) is 0.188. The van der Waals surface area contributed by atoms with Gasteiger partial charge in [-0.2, -0.15) is 0 Å². The first kappa shape index (κ1) is 34.4. The summed E-state index contributed by atoms with van der Waals surface area (Å²) in [5.74, 6) is -1.23. The Morgan fingerprint density at radius 1 is 0.980 bits per heavy atom. The minimum Gasteiger partial charge on any atom is -0.395 e. The number of para-hydroxylation sites is 1. The summed E-state index contributed by atoms with van der Waals surface area (Å²) < 4.78 is 1.74. The predicted octanol–water partition coefficient (Wildman–Crippen LogP) is 4.34. The summed E-state index contributed by atoms with van der Waals surface area (Å²) in [6.45, 7) is 8.25. The fourth-order valence-electron chi connectivity index (χ4n) is 7.86. The number of amides is 2. The van der Waals surface area contributed by atoms with Crippen molar-refractivity contribution in [2.24, 2.45) is 5.92 Å². The normalized spacial score (nSPS) is 21.1. The lowest BCUT2D eigenvalue weighted by Gasteiger charge is -2.39. The molecule has 0 saturated carbocycles. The molecule has 2 saturated heterocycles. The van der Waals surface area contributed by atoms with Crippen LogP contribution < -0.4 is 20.0 Å². The first-order chi connectivity index (χ1) is 24.8. The number of carbonyl (C=O) groups is 2. The van der Waals surface area contributed by atoms with E-state index in [4.69, 9.17) is 0 Å². The van der Waals surface area contributed by atoms with E-state index in [0.29, 0.717) is 55.1 Å². The number of aromatic nitrogens is 3. The van der Waals surface area contributed by atoms with Crippen LogP contribution in [0.25, 0.3) is 0 Å². The van der Waals surface area contributed by atoms with Crippen molar-refractivity contribution >= 4 is 28.9 Å². The summed E-state index contributed by atoms with van der Waals surface area (Å²) >= 11 is 0. The molecule has 1 unspecified atom stereocenters. The number of nitrogens with one attached hydrogen (secondary N) is 1. The molecule has 0 radical (unpaired) electrons. The van der Waals surface area contributed by atoms with Crippen molar-refractivity contribution in [1.29, 1.82) is 0 Å². The van der Waals surface area contributed by atoms with Gasteiger partial charge in [0.25, 0.3) is 11.8 Å². The van der Waals surface area contributed by atoms with Crippen molar-refractivity contribution in [2.75, 3.05) is 47.6 Å². The van der Waals surface area contributed by atoms with E-state index in [0.717, 1.165) is 24.3 Å². The van der Waals surface area contributed by atoms with Crippen molar-refractivity contribution < 1.29 is 19.8 Å². The third-order valence-corrected chi connectivity index (χ3v) is 10.7. The molecule has 2 amide bonds. The van der Waals surface area contributed by atoms with Crippen molar-refractivity contribution in [3.8, 4) is 0 Å². The van der Waals surface area contributed by atoms with Crippen LogP contribution in [0.5, 0.6) is 0 Å². The molecule has 11 heteroatoms. The molecular weight excluding hydrogens is 642 g/mol. The molecule has 1 aromatic heterocycles. The van der Waals surface area contributed by atoms with E-state index in [-0.39, 0.29) is 25.0 Å². The summed E-state index contributed by atoms with van der Waals surface area (Å²) in [6, 6.07) is 25.3. The summed E-state index contributed by atoms with van der Waals surface area (Å²) in [5.41, 5.74) is 1.88. The van der Waals surface area contributed by atoms with E-state index < -0.39 is 23.0 Å². The van der Waals surface area contributed by atoms with Crippen LogP contribution in [-0.4, -0.2) is 75.5 Å². The molecule has 0 aliphatic carbocycles. The topological polar surface area (TPSA) is 127 Å². The average Bonchev–Trinajstić information content (AvgIpc) is 3.80. The minimum absolute atomic E-state index is 0.0295. The van der Waals surface area contributed by atoms with Crippen molar-refractivity contribution in [3.05, 3.63) is 127 Å². The lowest BCUT2D eigenvalue weighted by atomic mass is 9.82. The van der Waals surface area contributed by atoms with Gasteiger partial charge in [0.05, 0.1) is 30.6 Å². The van der Waals surface area contributed by atoms with Gasteiger partial charge in [0.1, 0.15) is 5.54 Å². The number of carbonyl (C=O) groups excluding carboxylic acids is 2. The zero-order valence-corrected chi connectivity index (χ0v) is 28.9. The Balaban J connectivity index is 1.12. The Morgan fingerprint density at radius 2 is 1.71 bits per heavy atom. The fraction of sp³-hybridized carbons (Fsp3) is 0.350. The lowest BCUT2D eigenvalue weighted by Crippen LogP contribution is -2.55. The van der Waals surface area contributed by atoms with Crippen LogP contribution in [0.4, 0.5) is 17.1 Å². The van der Waals surface area contributed by atoms with Crippen LogP contribution in [0.1, 0.15) is 48.9 Å². The number of hydrogen-bond acceptors (Lipinski definition) is 8. The summed E-state index contributed by atoms with van der Waals surface area (Å²) in [7, 11) is 0. The number of fused-ring (bicyclic) bond motifs is 1. The maximum Gasteiger partial charge on any atom is 0.264 e. The van der Waals surface area contributed by atoms with Gasteiger partial charge in [-0.3, -0.25) is 19.2 Å². The van der Waals surface area contributed by atoms with Crippen LogP contribution in [-0.2, 0) is 21.7 Å². The molecule has 0 bridgehead atoms. The van der Waals surface area contributed by atoms with Crippen LogP contribution in [0.3, 0.4) is 0 Å². The molecule has 3 N–H and O–H groups in total. The SMILES string of the molecule is C=CCN1C(=O)[C@](O)([C@H](C)/C=C/CCn2cc(C(CO)c3ccccc3)nn2)c2cc(N3CN(c4ccccc4)C4(CCNCC4)C3=O)ccc21. The van der Waals surface area contributed by atoms with E-state index in [1.165, 1.54) is 0 Å². The largest absolute Gasteiger partial charge is 0.395 e. The molecule has 3 atom stereocenters. The number of aliphatic hydroxyl groups is 2. The summed E-state index contributed by atoms with van der Waals surface area (Å²) in [6.07, 6.45) is 9.26. The molecule has 51 heavy (non-hydrogen) atoms. The number of allylic oxidation sites excluding steroid dienone is 1. The highest BCUT2D eigenvalue weighted by atomic mass is 16.3. The zero-order chi connectivity index (χ0) is 35.6. The van der Waals surface area contributed by atoms with Gasteiger partial charge < -0.3 is 25.3 Å². The van der Waals surface area contributed by atoms with Gasteiger partial charge in [0, 0.05) is 42.1 Å². The fourth-order valence-corrected chi connectivity index (χ4v) is 7.86. The van der Waals surface area contributed by atoms with Crippen LogP contribution in [0, 0.1) is 5.92 Å². The number of aryl methyl sites for hydroxylation is 1. The first-order valence-electron chi connectivity index (χ1n) is 17.7. The van der Waals surface area contributed by atoms with E-state index >= 15 is 0 Å². The molecule has 3 aliphatic rings. The van der Waals surface area contributed by atoms with Gasteiger partial charge >= 0.3 is 0 Å². The molecule has 4 aromatic rings. The van der Waals surface area contributed by atoms with Gasteiger partial charge in [0.2, 0.25) is 0 Å². The van der Waals surface area contributed by atoms with Crippen molar-refractivity contribution in [1.82, 2.24) is 20.3 Å². The van der Waals surface area contributed by atoms with Gasteiger partial charge in [-0.25, -0.2) is 0 Å². The molecule has 4 heterocycles. The molecule has 3 aromatic carbocycles. The highest BCUT2D eigenvalue weighted by Crippen LogP contribution is 2.48.